The summed E-state index contributed by atoms with van der Waals surface area (Å²) < 4.78 is 9.98. The number of ether oxygens (including phenoxy) is 2. The van der Waals surface area contributed by atoms with Gasteiger partial charge in [0.1, 0.15) is 0 Å². The molecule has 2 atom stereocenters. The van der Waals surface area contributed by atoms with Crippen LogP contribution in [0.1, 0.15) is 23.3 Å². The Bertz CT molecular complexity index is 663. The summed E-state index contributed by atoms with van der Waals surface area (Å²) in [6.07, 6.45) is -1.29. The van der Waals surface area contributed by atoms with Gasteiger partial charge in [0.15, 0.2) is 0 Å². The van der Waals surface area contributed by atoms with Gasteiger partial charge < -0.3 is 0 Å². The number of aliphatic hydroxyl groups excluding tert-OH is 2. The van der Waals surface area contributed by atoms with Crippen molar-refractivity contribution in [1.29, 1.82) is 0 Å². The van der Waals surface area contributed by atoms with Crippen LogP contribution in [0.2, 0.25) is 10.6 Å². The number of benzene rings is 2. The summed E-state index contributed by atoms with van der Waals surface area (Å²) in [5, 5.41) is 41.3. The van der Waals surface area contributed by atoms with E-state index in [-0.39, 0.29) is 37.8 Å². The minimum absolute atomic E-state index is 0.0109. The van der Waals surface area contributed by atoms with Crippen molar-refractivity contribution in [3.05, 3.63) is 47.5 Å². The number of hydrogen-bond acceptors (Lipinski definition) is 6. The molecule has 2 aromatic carbocycles. The van der Waals surface area contributed by atoms with E-state index in [0.29, 0.717) is 33.3 Å². The summed E-state index contributed by atoms with van der Waals surface area (Å²) >= 11 is 0.384. The SMILES string of the molecule is COc1ccc(C(O)C[Se][Se]CC(O)c2ccc(OC)c(O)c2)cc1O. The molecule has 0 heterocycles. The topological polar surface area (TPSA) is 99.4 Å². The third-order valence-corrected chi connectivity index (χ3v) is 10.7. The summed E-state index contributed by atoms with van der Waals surface area (Å²) in [5.41, 5.74) is 1.31. The average molecular weight is 492 g/mol. The molecular weight excluding hydrogens is 470 g/mol. The van der Waals surface area contributed by atoms with Crippen LogP contribution in [-0.2, 0) is 0 Å². The molecule has 0 saturated heterocycles. The van der Waals surface area contributed by atoms with E-state index >= 15 is 0 Å². The van der Waals surface area contributed by atoms with E-state index in [1.807, 2.05) is 0 Å². The van der Waals surface area contributed by atoms with Crippen molar-refractivity contribution in [1.82, 2.24) is 0 Å². The van der Waals surface area contributed by atoms with E-state index in [1.165, 1.54) is 26.4 Å². The Morgan fingerprint density at radius 2 is 1.15 bits per heavy atom. The van der Waals surface area contributed by atoms with Crippen LogP contribution < -0.4 is 9.47 Å². The summed E-state index contributed by atoms with van der Waals surface area (Å²) in [4.78, 5) is 0. The molecule has 2 rings (SSSR count). The fraction of sp³-hybridized carbons (Fsp3) is 0.333. The van der Waals surface area contributed by atoms with Crippen molar-refractivity contribution < 1.29 is 29.9 Å². The number of aliphatic hydroxyl groups is 2. The first kappa shape index (κ1) is 20.9. The van der Waals surface area contributed by atoms with Gasteiger partial charge in [-0.15, -0.1) is 0 Å². The van der Waals surface area contributed by atoms with Gasteiger partial charge in [-0.2, -0.15) is 0 Å². The van der Waals surface area contributed by atoms with Crippen molar-refractivity contribution in [2.45, 2.75) is 22.8 Å². The summed E-state index contributed by atoms with van der Waals surface area (Å²) in [7, 11) is 2.95. The number of hydrogen-bond donors (Lipinski definition) is 4. The van der Waals surface area contributed by atoms with Crippen molar-refractivity contribution >= 4 is 26.3 Å². The molecule has 0 fully saturated rings. The molecule has 0 saturated carbocycles. The molecule has 0 radical (unpaired) electrons. The molecule has 0 aromatic heterocycles. The van der Waals surface area contributed by atoms with Gasteiger partial charge in [0, 0.05) is 0 Å². The van der Waals surface area contributed by atoms with Crippen LogP contribution in [-0.4, -0.2) is 60.9 Å². The molecule has 26 heavy (non-hydrogen) atoms. The van der Waals surface area contributed by atoms with Gasteiger partial charge in [0.2, 0.25) is 0 Å². The summed E-state index contributed by atoms with van der Waals surface area (Å²) in [6.45, 7) is 0. The number of phenols is 2. The van der Waals surface area contributed by atoms with E-state index in [2.05, 4.69) is 0 Å². The molecule has 0 aliphatic rings. The molecule has 0 aliphatic heterocycles. The second-order valence-corrected chi connectivity index (χ2v) is 13.0. The number of aromatic hydroxyl groups is 2. The van der Waals surface area contributed by atoms with Gasteiger partial charge in [-0.05, 0) is 0 Å². The first-order valence-corrected chi connectivity index (χ1v) is 14.6. The monoisotopic (exact) mass is 494 g/mol. The first-order valence-electron chi connectivity index (χ1n) is 7.80. The molecule has 0 aliphatic carbocycles. The fourth-order valence-corrected chi connectivity index (χ4v) is 8.91. The number of rotatable bonds is 9. The van der Waals surface area contributed by atoms with Crippen molar-refractivity contribution in [3.63, 3.8) is 0 Å². The van der Waals surface area contributed by atoms with E-state index < -0.39 is 12.2 Å². The normalized spacial score (nSPS) is 13.2. The molecule has 8 heteroatoms. The van der Waals surface area contributed by atoms with Crippen LogP contribution >= 0.6 is 0 Å². The Hall–Kier alpha value is -1.40. The molecular formula is C18H22O6Se2. The molecule has 2 aromatic rings. The Morgan fingerprint density at radius 3 is 1.46 bits per heavy atom. The van der Waals surface area contributed by atoms with Gasteiger partial charge >= 0.3 is 164 Å². The Labute approximate surface area is 163 Å². The third-order valence-electron chi connectivity index (χ3n) is 3.71. The molecule has 4 N–H and O–H groups in total. The van der Waals surface area contributed by atoms with Crippen molar-refractivity contribution in [2.24, 2.45) is 0 Å². The number of phenolic OH excluding ortho intramolecular Hbond substituents is 2. The molecule has 0 bridgehead atoms. The molecule has 0 amide bonds. The number of methoxy groups -OCH3 is 2. The van der Waals surface area contributed by atoms with E-state index in [1.54, 1.807) is 24.3 Å². The van der Waals surface area contributed by atoms with E-state index in [4.69, 9.17) is 9.47 Å². The Morgan fingerprint density at radius 1 is 0.769 bits per heavy atom. The first-order chi connectivity index (χ1) is 12.5. The van der Waals surface area contributed by atoms with Crippen molar-refractivity contribution in [2.75, 3.05) is 14.2 Å². The summed E-state index contributed by atoms with van der Waals surface area (Å²) in [5.74, 6) is 0.775. The predicted octanol–water partition coefficient (Wildman–Crippen LogP) is 2.04. The molecule has 142 valence electrons. The average Bonchev–Trinajstić information content (AvgIpc) is 2.64. The van der Waals surface area contributed by atoms with Gasteiger partial charge in [0.05, 0.1) is 0 Å². The summed E-state index contributed by atoms with van der Waals surface area (Å²) in [6, 6.07) is 9.77. The standard InChI is InChI=1S/C18H22O6Se2/c1-23-17-5-3-11(7-13(17)19)15(21)9-25-26-10-16(22)12-4-6-18(24-2)14(20)8-12/h3-8,15-16,19-22H,9-10H2,1-2H3. The zero-order valence-corrected chi connectivity index (χ0v) is 17.9. The molecule has 2 unspecified atom stereocenters. The molecule has 0 spiro atoms. The van der Waals surface area contributed by atoms with Crippen LogP contribution in [0, 0.1) is 0 Å². The van der Waals surface area contributed by atoms with Crippen LogP contribution in [0.5, 0.6) is 23.0 Å². The quantitative estimate of drug-likeness (QED) is 0.316. The Kier molecular flexibility index (Phi) is 8.10. The van der Waals surface area contributed by atoms with Gasteiger partial charge in [0.25, 0.3) is 0 Å². The van der Waals surface area contributed by atoms with E-state index in [0.717, 1.165) is 0 Å². The van der Waals surface area contributed by atoms with Crippen LogP contribution in [0.25, 0.3) is 0 Å². The zero-order valence-electron chi connectivity index (χ0n) is 14.5. The van der Waals surface area contributed by atoms with Crippen LogP contribution in [0.15, 0.2) is 36.4 Å². The van der Waals surface area contributed by atoms with Crippen LogP contribution in [0.3, 0.4) is 0 Å². The van der Waals surface area contributed by atoms with E-state index in [9.17, 15) is 20.4 Å². The second-order valence-electron chi connectivity index (χ2n) is 5.46. The minimum atomic E-state index is -0.643. The Balaban J connectivity index is 1.80. The third kappa shape index (κ3) is 5.55. The van der Waals surface area contributed by atoms with Crippen molar-refractivity contribution in [3.8, 4) is 23.0 Å². The maximum atomic E-state index is 10.2. The van der Waals surface area contributed by atoms with Gasteiger partial charge in [-0.25, -0.2) is 0 Å². The van der Waals surface area contributed by atoms with Crippen LogP contribution in [0.4, 0.5) is 0 Å². The fourth-order valence-electron chi connectivity index (χ4n) is 2.25. The molecule has 6 nitrogen and oxygen atoms in total. The van der Waals surface area contributed by atoms with Gasteiger partial charge in [-0.3, -0.25) is 0 Å². The maximum absolute atomic E-state index is 10.2. The van der Waals surface area contributed by atoms with Gasteiger partial charge in [-0.1, -0.05) is 0 Å². The zero-order chi connectivity index (χ0) is 19.1. The predicted molar refractivity (Wildman–Crippen MR) is 100 cm³/mol. The second kappa shape index (κ2) is 10.1.